The van der Waals surface area contributed by atoms with Crippen LogP contribution in [0.25, 0.3) is 0 Å². The van der Waals surface area contributed by atoms with Gasteiger partial charge in [0.2, 0.25) is 21.8 Å². The molecule has 2 atom stereocenters. The Morgan fingerprint density at radius 1 is 1.00 bits per heavy atom. The van der Waals surface area contributed by atoms with E-state index in [0.29, 0.717) is 38.8 Å². The Kier molecular flexibility index (Phi) is 12.2. The van der Waals surface area contributed by atoms with Crippen LogP contribution in [0.3, 0.4) is 0 Å². The van der Waals surface area contributed by atoms with Crippen molar-refractivity contribution in [2.45, 2.75) is 70.4 Å². The van der Waals surface area contributed by atoms with Crippen LogP contribution in [-0.4, -0.2) is 61.4 Å². The van der Waals surface area contributed by atoms with Crippen molar-refractivity contribution in [3.8, 4) is 0 Å². The van der Waals surface area contributed by atoms with Gasteiger partial charge < -0.3 is 15.7 Å². The van der Waals surface area contributed by atoms with Crippen molar-refractivity contribution in [3.05, 3.63) is 65.7 Å². The van der Waals surface area contributed by atoms with Gasteiger partial charge in [0.15, 0.2) is 0 Å². The lowest BCUT2D eigenvalue weighted by Crippen LogP contribution is -2.47. The van der Waals surface area contributed by atoms with E-state index in [1.165, 1.54) is 11.2 Å². The van der Waals surface area contributed by atoms with Crippen molar-refractivity contribution < 1.29 is 23.1 Å². The SMILES string of the molecule is CC(=O)N[C@@H](Cc1ccccc1)C(=O)NCCCC[C@@H](CO)N(CC(C)C)S(=O)(=O)c1ccc(C)cc1. The summed E-state index contributed by atoms with van der Waals surface area (Å²) in [5.74, 6) is -0.452. The lowest BCUT2D eigenvalue weighted by molar-refractivity contribution is -0.128. The molecule has 0 fully saturated rings. The van der Waals surface area contributed by atoms with Crippen molar-refractivity contribution in [1.29, 1.82) is 0 Å². The highest BCUT2D eigenvalue weighted by molar-refractivity contribution is 7.89. The molecule has 2 aromatic rings. The third kappa shape index (κ3) is 9.91. The van der Waals surface area contributed by atoms with Crippen LogP contribution in [0.1, 0.15) is 51.2 Å². The Morgan fingerprint density at radius 2 is 1.65 bits per heavy atom. The average Bonchev–Trinajstić information content (AvgIpc) is 2.85. The first kappa shape index (κ1) is 30.5. The predicted molar refractivity (Wildman–Crippen MR) is 145 cm³/mol. The molecule has 0 bridgehead atoms. The summed E-state index contributed by atoms with van der Waals surface area (Å²) < 4.78 is 28.2. The minimum atomic E-state index is -3.77. The molecule has 0 aromatic heterocycles. The fourth-order valence-electron chi connectivity index (χ4n) is 4.12. The Bertz CT molecular complexity index is 1090. The van der Waals surface area contributed by atoms with E-state index in [4.69, 9.17) is 0 Å². The van der Waals surface area contributed by atoms with Gasteiger partial charge in [0.1, 0.15) is 6.04 Å². The maximum Gasteiger partial charge on any atom is 0.243 e. The smallest absolute Gasteiger partial charge is 0.243 e. The molecule has 0 heterocycles. The molecule has 0 unspecified atom stereocenters. The number of unbranched alkanes of at least 4 members (excludes halogenated alkanes) is 1. The van der Waals surface area contributed by atoms with Crippen LogP contribution in [0, 0.1) is 12.8 Å². The lowest BCUT2D eigenvalue weighted by Gasteiger charge is -2.31. The molecule has 2 rings (SSSR count). The molecule has 0 radical (unpaired) electrons. The van der Waals surface area contributed by atoms with Gasteiger partial charge in [-0.3, -0.25) is 9.59 Å². The zero-order valence-electron chi connectivity index (χ0n) is 22.3. The van der Waals surface area contributed by atoms with E-state index in [9.17, 15) is 23.1 Å². The molecule has 204 valence electrons. The van der Waals surface area contributed by atoms with Crippen molar-refractivity contribution in [2.24, 2.45) is 5.92 Å². The van der Waals surface area contributed by atoms with E-state index in [-0.39, 0.29) is 29.2 Å². The molecule has 0 aliphatic heterocycles. The Hall–Kier alpha value is -2.75. The van der Waals surface area contributed by atoms with Gasteiger partial charge in [0.25, 0.3) is 0 Å². The van der Waals surface area contributed by atoms with Crippen molar-refractivity contribution in [3.63, 3.8) is 0 Å². The van der Waals surface area contributed by atoms with E-state index >= 15 is 0 Å². The highest BCUT2D eigenvalue weighted by Gasteiger charge is 2.31. The minimum Gasteiger partial charge on any atom is -0.395 e. The van der Waals surface area contributed by atoms with E-state index in [1.54, 1.807) is 24.3 Å². The van der Waals surface area contributed by atoms with Gasteiger partial charge >= 0.3 is 0 Å². The molecule has 0 saturated carbocycles. The number of sulfonamides is 1. The van der Waals surface area contributed by atoms with E-state index in [0.717, 1.165) is 11.1 Å². The number of carbonyl (C=O) groups excluding carboxylic acids is 2. The third-order valence-corrected chi connectivity index (χ3v) is 7.96. The molecule has 0 aliphatic carbocycles. The summed E-state index contributed by atoms with van der Waals surface area (Å²) in [5, 5.41) is 15.7. The predicted octanol–water partition coefficient (Wildman–Crippen LogP) is 3.04. The zero-order chi connectivity index (χ0) is 27.4. The Labute approximate surface area is 221 Å². The standard InChI is InChI=1S/C28H41N3O5S/c1-21(2)19-31(37(35,36)26-15-13-22(3)14-16-26)25(20-32)12-8-9-17-29-28(34)27(30-23(4)33)18-24-10-6-5-7-11-24/h5-7,10-11,13-16,21,25,27,32H,8-9,12,17-20H2,1-4H3,(H,29,34)(H,30,33)/t25-,27-/m0/s1. The van der Waals surface area contributed by atoms with Crippen molar-refractivity contribution in [1.82, 2.24) is 14.9 Å². The number of hydrogen-bond donors (Lipinski definition) is 3. The molecule has 2 aromatic carbocycles. The van der Waals surface area contributed by atoms with Gasteiger partial charge in [0, 0.05) is 32.5 Å². The minimum absolute atomic E-state index is 0.0869. The highest BCUT2D eigenvalue weighted by atomic mass is 32.2. The van der Waals surface area contributed by atoms with Gasteiger partial charge in [-0.2, -0.15) is 4.31 Å². The van der Waals surface area contributed by atoms with Gasteiger partial charge in [-0.25, -0.2) is 8.42 Å². The quantitative estimate of drug-likeness (QED) is 0.306. The Balaban J connectivity index is 1.96. The van der Waals surface area contributed by atoms with Crippen LogP contribution in [0.4, 0.5) is 0 Å². The summed E-state index contributed by atoms with van der Waals surface area (Å²) in [5.41, 5.74) is 1.92. The number of rotatable bonds is 15. The van der Waals surface area contributed by atoms with E-state index < -0.39 is 22.1 Å². The molecule has 2 amide bonds. The largest absolute Gasteiger partial charge is 0.395 e. The molecule has 0 spiro atoms. The number of hydrogen-bond acceptors (Lipinski definition) is 5. The van der Waals surface area contributed by atoms with Crippen LogP contribution in [0.2, 0.25) is 0 Å². The van der Waals surface area contributed by atoms with Gasteiger partial charge in [-0.1, -0.05) is 68.3 Å². The van der Waals surface area contributed by atoms with Crippen LogP contribution in [0.15, 0.2) is 59.5 Å². The summed E-state index contributed by atoms with van der Waals surface area (Å²) in [6, 6.07) is 15.0. The molecule has 37 heavy (non-hydrogen) atoms. The summed E-state index contributed by atoms with van der Waals surface area (Å²) in [7, 11) is -3.77. The monoisotopic (exact) mass is 531 g/mol. The number of benzene rings is 2. The number of aryl methyl sites for hydroxylation is 1. The van der Waals surface area contributed by atoms with E-state index in [2.05, 4.69) is 10.6 Å². The molecule has 0 saturated heterocycles. The van der Waals surface area contributed by atoms with Gasteiger partial charge in [0.05, 0.1) is 11.5 Å². The van der Waals surface area contributed by atoms with Crippen LogP contribution in [-0.2, 0) is 26.0 Å². The second-order valence-corrected chi connectivity index (χ2v) is 11.7. The summed E-state index contributed by atoms with van der Waals surface area (Å²) in [4.78, 5) is 24.5. The summed E-state index contributed by atoms with van der Waals surface area (Å²) in [6.07, 6.45) is 2.08. The number of amides is 2. The first-order chi connectivity index (χ1) is 17.5. The highest BCUT2D eigenvalue weighted by Crippen LogP contribution is 2.23. The zero-order valence-corrected chi connectivity index (χ0v) is 23.1. The lowest BCUT2D eigenvalue weighted by atomic mass is 10.0. The van der Waals surface area contributed by atoms with Crippen LogP contribution < -0.4 is 10.6 Å². The average molecular weight is 532 g/mol. The maximum absolute atomic E-state index is 13.4. The fraction of sp³-hybridized carbons (Fsp3) is 0.500. The molecule has 8 nitrogen and oxygen atoms in total. The molecular weight excluding hydrogens is 490 g/mol. The van der Waals surface area contributed by atoms with Crippen LogP contribution in [0.5, 0.6) is 0 Å². The fourth-order valence-corrected chi connectivity index (χ4v) is 5.93. The second kappa shape index (κ2) is 14.9. The number of aliphatic hydroxyl groups excluding tert-OH is 1. The second-order valence-electron chi connectivity index (χ2n) is 9.85. The van der Waals surface area contributed by atoms with Crippen molar-refractivity contribution in [2.75, 3.05) is 19.7 Å². The van der Waals surface area contributed by atoms with E-state index in [1.807, 2.05) is 51.1 Å². The summed E-state index contributed by atoms with van der Waals surface area (Å²) >= 11 is 0. The number of aliphatic hydroxyl groups is 1. The maximum atomic E-state index is 13.4. The number of carbonyl (C=O) groups is 2. The molecule has 3 N–H and O–H groups in total. The molecular formula is C28H41N3O5S. The normalized spacial score (nSPS) is 13.4. The first-order valence-corrected chi connectivity index (χ1v) is 14.3. The number of nitrogens with zero attached hydrogens (tertiary/aromatic N) is 1. The Morgan fingerprint density at radius 3 is 2.22 bits per heavy atom. The van der Waals surface area contributed by atoms with Crippen molar-refractivity contribution >= 4 is 21.8 Å². The number of nitrogens with one attached hydrogen (secondary N) is 2. The van der Waals surface area contributed by atoms with Gasteiger partial charge in [-0.15, -0.1) is 0 Å². The first-order valence-electron chi connectivity index (χ1n) is 12.8. The topological polar surface area (TPSA) is 116 Å². The molecule has 0 aliphatic rings. The third-order valence-electron chi connectivity index (χ3n) is 6.03. The summed E-state index contributed by atoms with van der Waals surface area (Å²) in [6.45, 7) is 7.58. The van der Waals surface area contributed by atoms with Crippen LogP contribution >= 0.6 is 0 Å². The molecule has 9 heteroatoms. The van der Waals surface area contributed by atoms with Gasteiger partial charge in [-0.05, 0) is 43.4 Å².